The highest BCUT2D eigenvalue weighted by Crippen LogP contribution is 2.63. The summed E-state index contributed by atoms with van der Waals surface area (Å²) in [7, 11) is 7.41. The summed E-state index contributed by atoms with van der Waals surface area (Å²) in [5.74, 6) is -0.371. The number of halogens is 4. The molecule has 1 saturated carbocycles. The number of pyridine rings is 2. The Balaban J connectivity index is 1.12. The SMILES string of the molecule is [B]C([B])(COc1ccn(-c2ccc(C(=O)NS(=O)(=O)c3cccc(NCCC[C@@H]4CN(C(=O)OC(C)(C)C)C(C)(C)C4)n3)c(Cl)n2)n1)CC1(C(F)(F)F)CC1. The molecule has 2 amide bonds. The van der Waals surface area contributed by atoms with Gasteiger partial charge in [0.05, 0.1) is 33.3 Å². The molecule has 2 N–H and O–H groups in total. The van der Waals surface area contributed by atoms with Crippen molar-refractivity contribution in [3.8, 4) is 11.7 Å². The van der Waals surface area contributed by atoms with Gasteiger partial charge in [-0.25, -0.2) is 24.2 Å². The van der Waals surface area contributed by atoms with Crippen LogP contribution in [-0.4, -0.2) is 97.8 Å². The Kier molecular flexibility index (Phi) is 11.9. The van der Waals surface area contributed by atoms with Gasteiger partial charge < -0.3 is 19.7 Å². The van der Waals surface area contributed by atoms with Gasteiger partial charge in [0.2, 0.25) is 5.88 Å². The van der Waals surface area contributed by atoms with E-state index >= 15 is 0 Å². The van der Waals surface area contributed by atoms with Crippen LogP contribution in [0, 0.1) is 11.3 Å². The quantitative estimate of drug-likeness (QED) is 0.109. The zero-order chi connectivity index (χ0) is 40.6. The molecule has 3 aromatic rings. The number of carbonyl (C=O) groups excluding carboxylic acids is 2. The van der Waals surface area contributed by atoms with Crippen LogP contribution in [0.15, 0.2) is 47.6 Å². The second-order valence-electron chi connectivity index (χ2n) is 15.9. The fraction of sp³-hybridized carbons (Fsp3) is 0.571. The molecule has 3 aromatic heterocycles. The van der Waals surface area contributed by atoms with Gasteiger partial charge in [0.15, 0.2) is 10.8 Å². The number of aromatic nitrogens is 4. The van der Waals surface area contributed by atoms with Gasteiger partial charge in [-0.2, -0.15) is 21.6 Å². The number of alkyl halides is 3. The fourth-order valence-corrected chi connectivity index (χ4v) is 7.72. The van der Waals surface area contributed by atoms with E-state index in [4.69, 9.17) is 36.8 Å². The molecule has 2 fully saturated rings. The zero-order valence-electron chi connectivity index (χ0n) is 31.2. The third kappa shape index (κ3) is 10.7. The summed E-state index contributed by atoms with van der Waals surface area (Å²) < 4.78 is 80.6. The van der Waals surface area contributed by atoms with Crippen LogP contribution < -0.4 is 14.8 Å². The van der Waals surface area contributed by atoms with E-state index in [1.807, 2.05) is 39.3 Å². The first-order valence-corrected chi connectivity index (χ1v) is 19.5. The van der Waals surface area contributed by atoms with E-state index in [0.29, 0.717) is 18.9 Å². The molecule has 55 heavy (non-hydrogen) atoms. The first-order chi connectivity index (χ1) is 25.4. The number of hydrogen-bond acceptors (Lipinski definition) is 10. The zero-order valence-corrected chi connectivity index (χ0v) is 32.8. The van der Waals surface area contributed by atoms with Crippen molar-refractivity contribution < 1.29 is 40.7 Å². The van der Waals surface area contributed by atoms with Crippen LogP contribution in [0.3, 0.4) is 0 Å². The maximum Gasteiger partial charge on any atom is 0.410 e. The van der Waals surface area contributed by atoms with Crippen molar-refractivity contribution in [2.75, 3.05) is 25.0 Å². The number of nitrogens with zero attached hydrogens (tertiary/aromatic N) is 5. The van der Waals surface area contributed by atoms with Crippen molar-refractivity contribution in [3.63, 3.8) is 0 Å². The molecule has 1 saturated heterocycles. The summed E-state index contributed by atoms with van der Waals surface area (Å²) in [4.78, 5) is 35.8. The molecule has 1 aliphatic heterocycles. The van der Waals surface area contributed by atoms with E-state index in [0.717, 1.165) is 19.3 Å². The molecule has 0 aromatic carbocycles. The van der Waals surface area contributed by atoms with Gasteiger partial charge in [-0.15, -0.1) is 5.10 Å². The maximum absolute atomic E-state index is 13.4. The van der Waals surface area contributed by atoms with Crippen molar-refractivity contribution in [1.29, 1.82) is 0 Å². The molecule has 0 bridgehead atoms. The highest BCUT2D eigenvalue weighted by Gasteiger charge is 2.64. The Hall–Kier alpha value is -3.99. The number of anilines is 1. The van der Waals surface area contributed by atoms with Gasteiger partial charge in [0, 0.05) is 30.9 Å². The number of hydrogen-bond donors (Lipinski definition) is 2. The van der Waals surface area contributed by atoms with Crippen molar-refractivity contribution in [2.45, 2.75) is 101 Å². The normalized spacial score (nSPS) is 18.1. The number of rotatable bonds is 14. The summed E-state index contributed by atoms with van der Waals surface area (Å²) >= 11 is 6.27. The number of likely N-dealkylation sites (tertiary alicyclic amines) is 1. The number of ether oxygens (including phenoxy) is 2. The number of sulfonamides is 1. The van der Waals surface area contributed by atoms with Crippen LogP contribution >= 0.6 is 11.6 Å². The van der Waals surface area contributed by atoms with E-state index < -0.39 is 56.4 Å². The molecule has 1 aliphatic carbocycles. The van der Waals surface area contributed by atoms with Gasteiger partial charge >= 0.3 is 12.3 Å². The van der Waals surface area contributed by atoms with E-state index in [9.17, 15) is 31.2 Å². The van der Waals surface area contributed by atoms with Crippen LogP contribution in [0.4, 0.5) is 23.8 Å². The predicted molar refractivity (Wildman–Crippen MR) is 200 cm³/mol. The summed E-state index contributed by atoms with van der Waals surface area (Å²) in [6, 6.07) is 8.35. The van der Waals surface area contributed by atoms with Gasteiger partial charge in [-0.1, -0.05) is 22.9 Å². The number of amides is 2. The summed E-state index contributed by atoms with van der Waals surface area (Å²) in [6.45, 7) is 10.2. The van der Waals surface area contributed by atoms with E-state index in [-0.39, 0.29) is 52.8 Å². The number of nitrogens with one attached hydrogen (secondary N) is 2. The van der Waals surface area contributed by atoms with E-state index in [1.54, 1.807) is 11.0 Å². The average molecular weight is 804 g/mol. The minimum atomic E-state index is -4.43. The predicted octanol–water partition coefficient (Wildman–Crippen LogP) is 6.23. The van der Waals surface area contributed by atoms with Gasteiger partial charge in [0.1, 0.15) is 16.6 Å². The average Bonchev–Trinajstić information content (AvgIpc) is 3.56. The lowest BCUT2D eigenvalue weighted by Crippen LogP contribution is -2.45. The highest BCUT2D eigenvalue weighted by atomic mass is 35.5. The second kappa shape index (κ2) is 15.5. The first-order valence-electron chi connectivity index (χ1n) is 17.7. The molecule has 4 heterocycles. The minimum absolute atomic E-state index is 0.00308. The third-order valence-electron chi connectivity index (χ3n) is 9.38. The monoisotopic (exact) mass is 803 g/mol. The van der Waals surface area contributed by atoms with Crippen LogP contribution in [-0.2, 0) is 14.8 Å². The molecule has 0 unspecified atom stereocenters. The van der Waals surface area contributed by atoms with Crippen LogP contribution in [0.25, 0.3) is 5.82 Å². The molecule has 13 nitrogen and oxygen atoms in total. The molecule has 0 spiro atoms. The molecular formula is C35H43B2ClF3N7O6S. The molecular weight excluding hydrogens is 761 g/mol. The van der Waals surface area contributed by atoms with Crippen molar-refractivity contribution in [1.82, 2.24) is 29.4 Å². The van der Waals surface area contributed by atoms with E-state index in [1.165, 1.54) is 41.2 Å². The Morgan fingerprint density at radius 1 is 1.07 bits per heavy atom. The summed E-state index contributed by atoms with van der Waals surface area (Å²) in [5, 5.41) is 4.78. The first kappa shape index (κ1) is 42.2. The van der Waals surface area contributed by atoms with Crippen molar-refractivity contribution in [3.05, 3.63) is 53.3 Å². The molecule has 4 radical (unpaired) electrons. The standard InChI is InChI=1S/C35H43B2ClF3N7O6S/c1-31(2,3)54-30(50)47-19-22(18-32(47,4)5)8-7-16-42-24-9-6-10-27(43-24)55(51,52)46-29(49)23-11-12-25(44-28(23)38)48-17-13-26(45-48)53-21-34(36,37)20-33(14-15-33)35(39,40)41/h6,9-13,17,22H,7-8,14-16,18-21H2,1-5H3,(H,42,43)(H,46,49)/t22-/m0/s1. The summed E-state index contributed by atoms with van der Waals surface area (Å²) in [5.41, 5.74) is -3.08. The molecule has 2 aliphatic rings. The van der Waals surface area contributed by atoms with Crippen LogP contribution in [0.1, 0.15) is 83.5 Å². The largest absolute Gasteiger partial charge is 0.478 e. The Morgan fingerprint density at radius 3 is 2.42 bits per heavy atom. The van der Waals surface area contributed by atoms with Crippen molar-refractivity contribution in [2.24, 2.45) is 11.3 Å². The van der Waals surface area contributed by atoms with Gasteiger partial charge in [0.25, 0.3) is 15.9 Å². The molecule has 1 atom stereocenters. The highest BCUT2D eigenvalue weighted by molar-refractivity contribution is 7.90. The smallest absolute Gasteiger partial charge is 0.410 e. The fourth-order valence-electron chi connectivity index (χ4n) is 6.55. The lowest BCUT2D eigenvalue weighted by molar-refractivity contribution is -0.190. The van der Waals surface area contributed by atoms with Crippen LogP contribution in [0.5, 0.6) is 5.88 Å². The Morgan fingerprint density at radius 2 is 1.78 bits per heavy atom. The lowest BCUT2D eigenvalue weighted by atomic mass is 9.51. The third-order valence-corrected chi connectivity index (χ3v) is 10.9. The molecule has 5 rings (SSSR count). The minimum Gasteiger partial charge on any atom is -0.478 e. The van der Waals surface area contributed by atoms with Gasteiger partial charge in [-0.05, 0) is 103 Å². The van der Waals surface area contributed by atoms with Crippen molar-refractivity contribution >= 4 is 55.1 Å². The number of carbonyl (C=O) groups is 2. The molecule has 20 heteroatoms. The topological polar surface area (TPSA) is 158 Å². The lowest BCUT2D eigenvalue weighted by Gasteiger charge is -2.33. The Labute approximate surface area is 326 Å². The van der Waals surface area contributed by atoms with E-state index in [2.05, 4.69) is 20.4 Å². The molecule has 294 valence electrons. The Bertz CT molecular complexity index is 2010. The second-order valence-corrected chi connectivity index (χ2v) is 17.9. The van der Waals surface area contributed by atoms with Gasteiger partial charge in [-0.3, -0.25) is 4.79 Å². The maximum atomic E-state index is 13.4. The van der Waals surface area contributed by atoms with Crippen LogP contribution in [0.2, 0.25) is 10.4 Å². The summed E-state index contributed by atoms with van der Waals surface area (Å²) in [6.07, 6.45) is -1.53.